The largest absolute Gasteiger partial charge is 0.456 e. The molecule has 0 amide bonds. The fourth-order valence-corrected chi connectivity index (χ4v) is 7.05. The van der Waals surface area contributed by atoms with E-state index in [1.807, 2.05) is 24.3 Å². The molecule has 0 N–H and O–H groups in total. The van der Waals surface area contributed by atoms with E-state index in [4.69, 9.17) is 4.42 Å². The summed E-state index contributed by atoms with van der Waals surface area (Å²) in [5.74, 6) is -0.0136. The zero-order chi connectivity index (χ0) is 28.7. The number of hydrogen-bond acceptors (Lipinski definition) is 3. The average Bonchev–Trinajstić information content (AvgIpc) is 3.71. The van der Waals surface area contributed by atoms with Crippen LogP contribution < -0.4 is 0 Å². The summed E-state index contributed by atoms with van der Waals surface area (Å²) in [5.41, 5.74) is 11.8. The lowest BCUT2D eigenvalue weighted by atomic mass is 9.88. The van der Waals surface area contributed by atoms with Crippen LogP contribution in [0.15, 0.2) is 126 Å². The quantitative estimate of drug-likeness (QED) is 0.216. The number of aromatic nitrogens is 1. The Morgan fingerprint density at radius 1 is 0.535 bits per heavy atom. The van der Waals surface area contributed by atoms with Gasteiger partial charge in [-0.3, -0.25) is 0 Å². The Bertz CT molecular complexity index is 2430. The fraction of sp³-hybridized carbons (Fsp3) is 0.0256. The lowest BCUT2D eigenvalue weighted by Gasteiger charge is -2.15. The summed E-state index contributed by atoms with van der Waals surface area (Å²) in [7, 11) is 0. The van der Waals surface area contributed by atoms with Gasteiger partial charge in [0.25, 0.3) is 0 Å². The molecule has 4 nitrogen and oxygen atoms in total. The molecule has 0 aliphatic heterocycles. The molecule has 4 heteroatoms. The van der Waals surface area contributed by atoms with E-state index in [0.717, 1.165) is 55.4 Å². The highest BCUT2D eigenvalue weighted by molar-refractivity contribution is 6.10. The van der Waals surface area contributed by atoms with Crippen molar-refractivity contribution >= 4 is 43.7 Å². The molecule has 198 valence electrons. The van der Waals surface area contributed by atoms with Gasteiger partial charge in [0.1, 0.15) is 11.2 Å². The van der Waals surface area contributed by atoms with E-state index in [9.17, 15) is 10.5 Å². The van der Waals surface area contributed by atoms with Crippen molar-refractivity contribution in [1.29, 1.82) is 10.5 Å². The van der Waals surface area contributed by atoms with Crippen LogP contribution in [0, 0.1) is 22.7 Å². The van der Waals surface area contributed by atoms with Crippen LogP contribution in [0.25, 0.3) is 60.6 Å². The van der Waals surface area contributed by atoms with Crippen molar-refractivity contribution in [1.82, 2.24) is 4.57 Å². The van der Waals surface area contributed by atoms with Gasteiger partial charge in [0.2, 0.25) is 0 Å². The number of hydrogen-bond donors (Lipinski definition) is 0. The van der Waals surface area contributed by atoms with E-state index in [1.54, 1.807) is 0 Å². The number of furan rings is 1. The SMILES string of the molecule is N#Cc1ccc2c(c1)-c1cc(C#N)ccc1C2c1ccc2oc3ccc(-n4c5ccccc5c5ccccc54)cc3c2c1. The monoisotopic (exact) mass is 547 g/mol. The summed E-state index contributed by atoms with van der Waals surface area (Å²) in [5, 5.41) is 23.8. The smallest absolute Gasteiger partial charge is 0.135 e. The number of rotatable bonds is 2. The van der Waals surface area contributed by atoms with E-state index in [1.165, 1.54) is 21.8 Å². The van der Waals surface area contributed by atoms with Gasteiger partial charge in [0, 0.05) is 33.2 Å². The molecular formula is C39H21N3O. The highest BCUT2D eigenvalue weighted by Gasteiger charge is 2.31. The Morgan fingerprint density at radius 3 is 1.70 bits per heavy atom. The summed E-state index contributed by atoms with van der Waals surface area (Å²) in [4.78, 5) is 0. The van der Waals surface area contributed by atoms with Gasteiger partial charge in [0.05, 0.1) is 34.3 Å². The molecule has 1 aliphatic rings. The molecule has 0 bridgehead atoms. The van der Waals surface area contributed by atoms with Crippen molar-refractivity contribution in [2.45, 2.75) is 5.92 Å². The predicted octanol–water partition coefficient (Wildman–Crippen LogP) is 9.59. The summed E-state index contributed by atoms with van der Waals surface area (Å²) in [6, 6.07) is 46.3. The first-order valence-corrected chi connectivity index (χ1v) is 14.2. The summed E-state index contributed by atoms with van der Waals surface area (Å²) < 4.78 is 8.66. The van der Waals surface area contributed by atoms with Crippen molar-refractivity contribution in [3.63, 3.8) is 0 Å². The lowest BCUT2D eigenvalue weighted by molar-refractivity contribution is 0.668. The molecular weight excluding hydrogens is 526 g/mol. The Kier molecular flexibility index (Phi) is 4.77. The topological polar surface area (TPSA) is 65.7 Å². The lowest BCUT2D eigenvalue weighted by Crippen LogP contribution is -1.99. The van der Waals surface area contributed by atoms with Crippen molar-refractivity contribution in [2.24, 2.45) is 0 Å². The van der Waals surface area contributed by atoms with Crippen LogP contribution in [-0.4, -0.2) is 4.57 Å². The summed E-state index contributed by atoms with van der Waals surface area (Å²) in [6.45, 7) is 0. The first-order chi connectivity index (χ1) is 21.2. The van der Waals surface area contributed by atoms with Gasteiger partial charge in [-0.1, -0.05) is 54.6 Å². The fourth-order valence-electron chi connectivity index (χ4n) is 7.05. The third-order valence-electron chi connectivity index (χ3n) is 8.93. The molecule has 0 unspecified atom stereocenters. The van der Waals surface area contributed by atoms with Gasteiger partial charge in [0.15, 0.2) is 0 Å². The average molecular weight is 548 g/mol. The second-order valence-corrected chi connectivity index (χ2v) is 11.2. The van der Waals surface area contributed by atoms with Gasteiger partial charge in [-0.2, -0.15) is 10.5 Å². The Morgan fingerprint density at radius 2 is 1.09 bits per heavy atom. The molecule has 0 saturated heterocycles. The number of fused-ring (bicyclic) bond motifs is 9. The normalized spacial score (nSPS) is 12.5. The van der Waals surface area contributed by atoms with Crippen LogP contribution in [0.1, 0.15) is 33.7 Å². The second-order valence-electron chi connectivity index (χ2n) is 11.2. The molecule has 0 saturated carbocycles. The molecule has 2 heterocycles. The van der Waals surface area contributed by atoms with E-state index < -0.39 is 0 Å². The maximum Gasteiger partial charge on any atom is 0.135 e. The van der Waals surface area contributed by atoms with E-state index in [0.29, 0.717) is 11.1 Å². The van der Waals surface area contributed by atoms with Crippen LogP contribution >= 0.6 is 0 Å². The van der Waals surface area contributed by atoms with Crippen LogP contribution in [0.5, 0.6) is 0 Å². The van der Waals surface area contributed by atoms with Crippen LogP contribution in [0.2, 0.25) is 0 Å². The minimum absolute atomic E-state index is 0.0136. The number of benzene rings is 6. The first kappa shape index (κ1) is 23.6. The minimum atomic E-state index is -0.0136. The third-order valence-corrected chi connectivity index (χ3v) is 8.93. The van der Waals surface area contributed by atoms with Crippen LogP contribution in [-0.2, 0) is 0 Å². The number of nitrogens with zero attached hydrogens (tertiary/aromatic N) is 3. The highest BCUT2D eigenvalue weighted by atomic mass is 16.3. The van der Waals surface area contributed by atoms with E-state index >= 15 is 0 Å². The molecule has 2 aromatic heterocycles. The standard InChI is InChI=1S/C39H21N3O/c40-21-23-9-13-29-31(17-23)32-18-24(22-41)10-14-30(32)39(29)25-11-15-37-33(19-25)34-20-26(12-16-38(34)43-37)42-35-7-3-1-5-27(35)28-6-2-4-8-36(28)42/h1-20,39H. The number of nitriles is 2. The van der Waals surface area contributed by atoms with Crippen LogP contribution in [0.4, 0.5) is 0 Å². The molecule has 9 rings (SSSR count). The molecule has 0 radical (unpaired) electrons. The van der Waals surface area contributed by atoms with Crippen molar-refractivity contribution in [3.8, 4) is 29.0 Å². The highest BCUT2D eigenvalue weighted by Crippen LogP contribution is 2.49. The molecule has 0 atom stereocenters. The van der Waals surface area contributed by atoms with Crippen LogP contribution in [0.3, 0.4) is 0 Å². The number of para-hydroxylation sites is 2. The van der Waals surface area contributed by atoms with E-state index in [2.05, 4.69) is 114 Å². The van der Waals surface area contributed by atoms with Gasteiger partial charge in [-0.15, -0.1) is 0 Å². The van der Waals surface area contributed by atoms with Crippen molar-refractivity contribution in [2.75, 3.05) is 0 Å². The maximum atomic E-state index is 9.59. The summed E-state index contributed by atoms with van der Waals surface area (Å²) >= 11 is 0. The van der Waals surface area contributed by atoms with Gasteiger partial charge >= 0.3 is 0 Å². The third kappa shape index (κ3) is 3.29. The minimum Gasteiger partial charge on any atom is -0.456 e. The molecule has 0 spiro atoms. The molecule has 43 heavy (non-hydrogen) atoms. The molecule has 8 aromatic rings. The predicted molar refractivity (Wildman–Crippen MR) is 170 cm³/mol. The maximum absolute atomic E-state index is 9.59. The Labute approximate surface area is 246 Å². The first-order valence-electron chi connectivity index (χ1n) is 14.2. The molecule has 6 aromatic carbocycles. The van der Waals surface area contributed by atoms with Gasteiger partial charge in [-0.05, 0) is 94.5 Å². The second kappa shape index (κ2) is 8.70. The van der Waals surface area contributed by atoms with Crippen molar-refractivity contribution < 1.29 is 4.42 Å². The van der Waals surface area contributed by atoms with Crippen molar-refractivity contribution in [3.05, 3.63) is 149 Å². The van der Waals surface area contributed by atoms with E-state index in [-0.39, 0.29) is 5.92 Å². The Hall–Kier alpha value is -6.10. The van der Waals surface area contributed by atoms with Gasteiger partial charge in [-0.25, -0.2) is 0 Å². The summed E-state index contributed by atoms with van der Waals surface area (Å²) in [6.07, 6.45) is 0. The molecule has 1 aliphatic carbocycles. The zero-order valence-electron chi connectivity index (χ0n) is 22.9. The zero-order valence-corrected chi connectivity index (χ0v) is 22.9. The van der Waals surface area contributed by atoms with Gasteiger partial charge < -0.3 is 8.98 Å². The molecule has 0 fully saturated rings. The Balaban J connectivity index is 1.26.